The van der Waals surface area contributed by atoms with Gasteiger partial charge in [-0.25, -0.2) is 18.4 Å². The van der Waals surface area contributed by atoms with Gasteiger partial charge in [0.15, 0.2) is 5.82 Å². The second-order valence-electron chi connectivity index (χ2n) is 4.74. The van der Waals surface area contributed by atoms with Gasteiger partial charge >= 0.3 is 0 Å². The van der Waals surface area contributed by atoms with E-state index in [1.54, 1.807) is 4.68 Å². The van der Waals surface area contributed by atoms with Gasteiger partial charge in [-0.2, -0.15) is 0 Å². The van der Waals surface area contributed by atoms with E-state index in [9.17, 15) is 8.78 Å². The van der Waals surface area contributed by atoms with Gasteiger partial charge in [0.25, 0.3) is 0 Å². The van der Waals surface area contributed by atoms with Crippen molar-refractivity contribution in [3.63, 3.8) is 0 Å². The summed E-state index contributed by atoms with van der Waals surface area (Å²) in [5, 5.41) is 2.06. The summed E-state index contributed by atoms with van der Waals surface area (Å²) >= 11 is 5.89. The van der Waals surface area contributed by atoms with E-state index in [-0.39, 0.29) is 11.4 Å². The van der Waals surface area contributed by atoms with Crippen LogP contribution < -0.4 is 5.01 Å². The van der Waals surface area contributed by atoms with Gasteiger partial charge in [-0.1, -0.05) is 0 Å². The predicted molar refractivity (Wildman–Crippen MR) is 71.0 cm³/mol. The molecule has 6 heteroatoms. The highest BCUT2D eigenvalue weighted by atomic mass is 35.5. The van der Waals surface area contributed by atoms with Crippen molar-refractivity contribution in [2.45, 2.75) is 25.1 Å². The van der Waals surface area contributed by atoms with Crippen molar-refractivity contribution in [2.75, 3.05) is 18.1 Å². The SMILES string of the molecule is Fc1cc(F)c2nc(CCl)n(N3CCCCC3)c2c1. The maximum Gasteiger partial charge on any atom is 0.154 e. The number of halogens is 3. The van der Waals surface area contributed by atoms with Crippen LogP contribution in [0.3, 0.4) is 0 Å². The molecule has 0 spiro atoms. The molecule has 0 radical (unpaired) electrons. The number of piperidine rings is 1. The summed E-state index contributed by atoms with van der Waals surface area (Å²) in [5.74, 6) is -0.504. The third-order valence-corrected chi connectivity index (χ3v) is 3.70. The number of benzene rings is 1. The molecular formula is C13H14ClF2N3. The number of hydrogen-bond acceptors (Lipinski definition) is 2. The fourth-order valence-electron chi connectivity index (χ4n) is 2.62. The van der Waals surface area contributed by atoms with Gasteiger partial charge in [0.05, 0.1) is 11.4 Å². The summed E-state index contributed by atoms with van der Waals surface area (Å²) in [6, 6.07) is 2.17. The quantitative estimate of drug-likeness (QED) is 0.790. The zero-order valence-corrected chi connectivity index (χ0v) is 11.1. The van der Waals surface area contributed by atoms with Crippen molar-refractivity contribution < 1.29 is 8.78 Å². The lowest BCUT2D eigenvalue weighted by Gasteiger charge is -2.31. The zero-order valence-electron chi connectivity index (χ0n) is 10.4. The molecule has 1 aliphatic rings. The fraction of sp³-hybridized carbons (Fsp3) is 0.462. The Hall–Kier alpha value is -1.36. The smallest absolute Gasteiger partial charge is 0.154 e. The standard InChI is InChI=1S/C13H14ClF2N3/c14-8-12-17-13-10(16)6-9(15)7-11(13)19(12)18-4-2-1-3-5-18/h6-7H,1-5,8H2. The van der Waals surface area contributed by atoms with Crippen LogP contribution in [-0.2, 0) is 5.88 Å². The molecule has 1 aliphatic heterocycles. The minimum absolute atomic E-state index is 0.173. The van der Waals surface area contributed by atoms with Gasteiger partial charge in [0, 0.05) is 25.2 Å². The Kier molecular flexibility index (Phi) is 3.31. The molecule has 1 saturated heterocycles. The molecule has 1 fully saturated rings. The maximum atomic E-state index is 13.8. The minimum Gasteiger partial charge on any atom is -0.311 e. The van der Waals surface area contributed by atoms with Gasteiger partial charge in [-0.3, -0.25) is 0 Å². The number of alkyl halides is 1. The summed E-state index contributed by atoms with van der Waals surface area (Å²) in [6.45, 7) is 1.71. The average Bonchev–Trinajstić information content (AvgIpc) is 2.78. The Balaban J connectivity index is 2.19. The molecule has 19 heavy (non-hydrogen) atoms. The first-order valence-corrected chi connectivity index (χ1v) is 6.91. The van der Waals surface area contributed by atoms with E-state index in [2.05, 4.69) is 9.99 Å². The Labute approximate surface area is 114 Å². The maximum absolute atomic E-state index is 13.8. The molecule has 0 N–H and O–H groups in total. The number of fused-ring (bicyclic) bond motifs is 1. The second kappa shape index (κ2) is 4.96. The van der Waals surface area contributed by atoms with E-state index < -0.39 is 11.6 Å². The predicted octanol–water partition coefficient (Wildman–Crippen LogP) is 3.18. The van der Waals surface area contributed by atoms with Crippen LogP contribution in [0.25, 0.3) is 11.0 Å². The lowest BCUT2D eigenvalue weighted by atomic mass is 10.2. The molecule has 3 nitrogen and oxygen atoms in total. The molecule has 0 atom stereocenters. The molecule has 0 amide bonds. The summed E-state index contributed by atoms with van der Waals surface area (Å²) in [6.07, 6.45) is 3.32. The van der Waals surface area contributed by atoms with Crippen LogP contribution in [0.15, 0.2) is 12.1 Å². The molecule has 2 aromatic rings. The van der Waals surface area contributed by atoms with Gasteiger partial charge in [-0.15, -0.1) is 11.6 Å². The Bertz CT molecular complexity index is 605. The molecule has 2 heterocycles. The first kappa shape index (κ1) is 12.7. The highest BCUT2D eigenvalue weighted by Gasteiger charge is 2.20. The van der Waals surface area contributed by atoms with E-state index in [1.165, 1.54) is 12.5 Å². The second-order valence-corrected chi connectivity index (χ2v) is 5.01. The normalized spacial score (nSPS) is 16.3. The fourth-order valence-corrected chi connectivity index (χ4v) is 2.79. The molecule has 0 unspecified atom stereocenters. The van der Waals surface area contributed by atoms with Crippen molar-refractivity contribution in [1.29, 1.82) is 0 Å². The van der Waals surface area contributed by atoms with Gasteiger partial charge < -0.3 is 5.01 Å². The number of hydrogen-bond donors (Lipinski definition) is 0. The van der Waals surface area contributed by atoms with E-state index in [1.807, 2.05) is 0 Å². The monoisotopic (exact) mass is 285 g/mol. The molecule has 0 bridgehead atoms. The average molecular weight is 286 g/mol. The summed E-state index contributed by atoms with van der Waals surface area (Å²) < 4.78 is 29.0. The van der Waals surface area contributed by atoms with E-state index in [4.69, 9.17) is 11.6 Å². The van der Waals surface area contributed by atoms with Crippen molar-refractivity contribution >= 4 is 22.6 Å². The van der Waals surface area contributed by atoms with Crippen LogP contribution in [0, 0.1) is 11.6 Å². The summed E-state index contributed by atoms with van der Waals surface area (Å²) in [4.78, 5) is 4.19. The minimum atomic E-state index is -0.642. The molecule has 0 saturated carbocycles. The number of nitrogens with zero attached hydrogens (tertiary/aromatic N) is 3. The Morgan fingerprint density at radius 1 is 1.16 bits per heavy atom. The summed E-state index contributed by atoms with van der Waals surface area (Å²) in [5.41, 5.74) is 0.637. The highest BCUT2D eigenvalue weighted by Crippen LogP contribution is 2.23. The molecule has 1 aromatic heterocycles. The van der Waals surface area contributed by atoms with E-state index >= 15 is 0 Å². The van der Waals surface area contributed by atoms with Gasteiger partial charge in [0.2, 0.25) is 0 Å². The first-order valence-electron chi connectivity index (χ1n) is 6.38. The topological polar surface area (TPSA) is 21.1 Å². The largest absolute Gasteiger partial charge is 0.311 e. The molecular weight excluding hydrogens is 272 g/mol. The van der Waals surface area contributed by atoms with Crippen LogP contribution in [0.1, 0.15) is 25.1 Å². The van der Waals surface area contributed by atoms with Crippen molar-refractivity contribution in [2.24, 2.45) is 0 Å². The van der Waals surface area contributed by atoms with Crippen LogP contribution in [-0.4, -0.2) is 22.7 Å². The Morgan fingerprint density at radius 2 is 1.89 bits per heavy atom. The van der Waals surface area contributed by atoms with Crippen molar-refractivity contribution in [1.82, 2.24) is 9.66 Å². The number of imidazole rings is 1. The third-order valence-electron chi connectivity index (χ3n) is 3.46. The summed E-state index contributed by atoms with van der Waals surface area (Å²) in [7, 11) is 0. The first-order chi connectivity index (χ1) is 9.20. The number of aromatic nitrogens is 2. The molecule has 3 rings (SSSR count). The number of rotatable bonds is 2. The van der Waals surface area contributed by atoms with Crippen LogP contribution in [0.5, 0.6) is 0 Å². The molecule has 0 aliphatic carbocycles. The van der Waals surface area contributed by atoms with Gasteiger partial charge in [-0.05, 0) is 19.3 Å². The van der Waals surface area contributed by atoms with E-state index in [0.29, 0.717) is 11.3 Å². The lowest BCUT2D eigenvalue weighted by molar-refractivity contribution is 0.478. The van der Waals surface area contributed by atoms with E-state index in [0.717, 1.165) is 32.0 Å². The zero-order chi connectivity index (χ0) is 13.4. The lowest BCUT2D eigenvalue weighted by Crippen LogP contribution is -2.40. The van der Waals surface area contributed by atoms with Crippen molar-refractivity contribution in [3.05, 3.63) is 29.6 Å². The van der Waals surface area contributed by atoms with Crippen molar-refractivity contribution in [3.8, 4) is 0 Å². The van der Waals surface area contributed by atoms with Gasteiger partial charge in [0.1, 0.15) is 17.2 Å². The van der Waals surface area contributed by atoms with Crippen LogP contribution in [0.4, 0.5) is 8.78 Å². The molecule has 1 aromatic carbocycles. The van der Waals surface area contributed by atoms with Crippen LogP contribution >= 0.6 is 11.6 Å². The molecule has 102 valence electrons. The Morgan fingerprint density at radius 3 is 2.58 bits per heavy atom. The third kappa shape index (κ3) is 2.16. The van der Waals surface area contributed by atoms with Crippen LogP contribution in [0.2, 0.25) is 0 Å². The highest BCUT2D eigenvalue weighted by molar-refractivity contribution is 6.16.